The van der Waals surface area contributed by atoms with Gasteiger partial charge in [-0.05, 0) is 6.92 Å². The molecule has 1 fully saturated rings. The number of rotatable bonds is 4. The van der Waals surface area contributed by atoms with Crippen molar-refractivity contribution in [1.82, 2.24) is 20.0 Å². The summed E-state index contributed by atoms with van der Waals surface area (Å²) in [5, 5.41) is 30.4. The lowest BCUT2D eigenvalue weighted by Crippen LogP contribution is -2.57. The highest BCUT2D eigenvalue weighted by atomic mass is 35.5. The number of morpholine rings is 1. The molecule has 0 saturated carbocycles. The highest BCUT2D eigenvalue weighted by Crippen LogP contribution is 2.22. The van der Waals surface area contributed by atoms with Crippen molar-refractivity contribution in [1.29, 1.82) is 0 Å². The zero-order chi connectivity index (χ0) is 18.1. The van der Waals surface area contributed by atoms with Crippen LogP contribution in [0.1, 0.15) is 6.92 Å². The van der Waals surface area contributed by atoms with Gasteiger partial charge >= 0.3 is 5.97 Å². The van der Waals surface area contributed by atoms with Gasteiger partial charge in [0.2, 0.25) is 0 Å². The average Bonchev–Trinajstić information content (AvgIpc) is 3.05. The number of carboxylic acid groups (broad SMARTS) is 1. The summed E-state index contributed by atoms with van der Waals surface area (Å²) in [6, 6.07) is 3.13. The van der Waals surface area contributed by atoms with Crippen LogP contribution in [0.4, 0.5) is 5.82 Å². The summed E-state index contributed by atoms with van der Waals surface area (Å²) in [5.74, 6) is -1.92. The number of halogens is 1. The molecule has 0 bridgehead atoms. The maximum Gasteiger partial charge on any atom is 0.335 e. The maximum atomic E-state index is 12.5. The molecule has 10 nitrogen and oxygen atoms in total. The Morgan fingerprint density at radius 1 is 1.52 bits per heavy atom. The minimum atomic E-state index is -1.96. The van der Waals surface area contributed by atoms with E-state index in [0.29, 0.717) is 5.69 Å². The quantitative estimate of drug-likeness (QED) is 0.764. The number of carboxylic acids is 1. The largest absolute Gasteiger partial charge is 0.479 e. The van der Waals surface area contributed by atoms with Crippen LogP contribution in [0.2, 0.25) is 5.15 Å². The Hall–Kier alpha value is -2.56. The normalized spacial score (nSPS) is 22.0. The van der Waals surface area contributed by atoms with Crippen molar-refractivity contribution < 1.29 is 24.5 Å². The van der Waals surface area contributed by atoms with Gasteiger partial charge in [-0.3, -0.25) is 9.69 Å². The summed E-state index contributed by atoms with van der Waals surface area (Å²) in [6.07, 6.45) is -0.882. The number of carbonyl (C=O) groups is 2. The van der Waals surface area contributed by atoms with E-state index in [1.54, 1.807) is 25.3 Å². The first kappa shape index (κ1) is 17.3. The smallest absolute Gasteiger partial charge is 0.335 e. The van der Waals surface area contributed by atoms with Crippen molar-refractivity contribution in [3.05, 3.63) is 29.7 Å². The first-order valence-corrected chi connectivity index (χ1v) is 7.66. The molecule has 3 atom stereocenters. The van der Waals surface area contributed by atoms with Crippen LogP contribution in [-0.4, -0.2) is 66.9 Å². The van der Waals surface area contributed by atoms with Gasteiger partial charge in [0.15, 0.2) is 23.2 Å². The van der Waals surface area contributed by atoms with Gasteiger partial charge in [0.1, 0.15) is 0 Å². The van der Waals surface area contributed by atoms with Crippen molar-refractivity contribution in [2.45, 2.75) is 25.2 Å². The molecule has 11 heteroatoms. The number of hydrogen-bond acceptors (Lipinski definition) is 7. The monoisotopic (exact) mass is 367 g/mol. The van der Waals surface area contributed by atoms with E-state index >= 15 is 0 Å². The van der Waals surface area contributed by atoms with Gasteiger partial charge in [-0.1, -0.05) is 11.6 Å². The zero-order valence-corrected chi connectivity index (χ0v) is 13.7. The summed E-state index contributed by atoms with van der Waals surface area (Å²) < 4.78 is 6.74. The van der Waals surface area contributed by atoms with E-state index in [-0.39, 0.29) is 17.5 Å². The second kappa shape index (κ2) is 6.75. The molecule has 1 unspecified atom stereocenters. The summed E-state index contributed by atoms with van der Waals surface area (Å²) in [5.41, 5.74) is 0.544. The van der Waals surface area contributed by atoms with E-state index in [4.69, 9.17) is 21.4 Å². The van der Waals surface area contributed by atoms with E-state index in [9.17, 15) is 14.7 Å². The van der Waals surface area contributed by atoms with E-state index in [1.165, 1.54) is 15.8 Å². The molecule has 0 aliphatic carbocycles. The van der Waals surface area contributed by atoms with Crippen LogP contribution < -0.4 is 4.90 Å². The highest BCUT2D eigenvalue weighted by Gasteiger charge is 2.42. The summed E-state index contributed by atoms with van der Waals surface area (Å²) >= 11 is 5.80. The fourth-order valence-electron chi connectivity index (χ4n) is 2.46. The number of amides is 1. The number of hydrogen-bond donors (Lipinski definition) is 2. The van der Waals surface area contributed by atoms with Gasteiger partial charge in [0.05, 0.1) is 24.5 Å². The second-order valence-electron chi connectivity index (χ2n) is 5.45. The van der Waals surface area contributed by atoms with Gasteiger partial charge in [0, 0.05) is 18.3 Å². The first-order valence-electron chi connectivity index (χ1n) is 7.29. The van der Waals surface area contributed by atoms with Crippen LogP contribution in [-0.2, 0) is 14.3 Å². The lowest BCUT2D eigenvalue weighted by molar-refractivity contribution is -0.168. The molecule has 0 aromatic carbocycles. The van der Waals surface area contributed by atoms with Crippen molar-refractivity contribution in [2.75, 3.05) is 11.4 Å². The summed E-state index contributed by atoms with van der Waals surface area (Å²) in [6.45, 7) is 1.85. The van der Waals surface area contributed by atoms with Crippen molar-refractivity contribution in [3.63, 3.8) is 0 Å². The zero-order valence-electron chi connectivity index (χ0n) is 13.0. The predicted molar refractivity (Wildman–Crippen MR) is 84.5 cm³/mol. The molecule has 132 valence electrons. The third-order valence-electron chi connectivity index (χ3n) is 3.59. The number of aliphatic hydroxyl groups is 1. The molecule has 0 spiro atoms. The molecule has 1 aliphatic rings. The predicted octanol–water partition coefficient (Wildman–Crippen LogP) is -0.119. The standard InChI is InChI=1S/C14H14ClN5O5/c1-7-6-19(13(22)12(25-7)11(21)14(23)24)10-2-3-20(18-10)8-4-9(15)17-16-5-8/h2-5,7,11-12,21H,6H2,1H3,(H,23,24)/t7-,11?,12-/m1/s1. The molecule has 3 rings (SSSR count). The lowest BCUT2D eigenvalue weighted by Gasteiger charge is -2.35. The number of ether oxygens (including phenoxy) is 1. The van der Waals surface area contributed by atoms with Gasteiger partial charge in [-0.15, -0.1) is 10.2 Å². The Kier molecular flexibility index (Phi) is 4.66. The van der Waals surface area contributed by atoms with Gasteiger partial charge in [0.25, 0.3) is 5.91 Å². The van der Waals surface area contributed by atoms with E-state index in [2.05, 4.69) is 15.3 Å². The number of aliphatic carboxylic acids is 1. The molecule has 25 heavy (non-hydrogen) atoms. The molecule has 3 heterocycles. The first-order chi connectivity index (χ1) is 11.9. The minimum Gasteiger partial charge on any atom is -0.479 e. The van der Waals surface area contributed by atoms with Gasteiger partial charge in [-0.2, -0.15) is 5.10 Å². The molecule has 2 N–H and O–H groups in total. The number of carbonyl (C=O) groups excluding carboxylic acids is 1. The highest BCUT2D eigenvalue weighted by molar-refractivity contribution is 6.29. The van der Waals surface area contributed by atoms with E-state index in [1.807, 2.05) is 0 Å². The van der Waals surface area contributed by atoms with Crippen LogP contribution in [0.5, 0.6) is 0 Å². The molecule has 1 aliphatic heterocycles. The topological polar surface area (TPSA) is 131 Å². The van der Waals surface area contributed by atoms with Crippen LogP contribution in [0.15, 0.2) is 24.5 Å². The Morgan fingerprint density at radius 2 is 2.28 bits per heavy atom. The minimum absolute atomic E-state index is 0.175. The Bertz CT molecular complexity index is 812. The molecular weight excluding hydrogens is 354 g/mol. The molecule has 1 saturated heterocycles. The third-order valence-corrected chi connectivity index (χ3v) is 3.78. The Balaban J connectivity index is 1.88. The van der Waals surface area contributed by atoms with Gasteiger partial charge < -0.3 is 14.9 Å². The summed E-state index contributed by atoms with van der Waals surface area (Å²) in [7, 11) is 0. The fraction of sp³-hybridized carbons (Fsp3) is 0.357. The van der Waals surface area contributed by atoms with Crippen LogP contribution in [0.3, 0.4) is 0 Å². The molecule has 2 aromatic heterocycles. The fourth-order valence-corrected chi connectivity index (χ4v) is 2.61. The van der Waals surface area contributed by atoms with Crippen LogP contribution in [0, 0.1) is 0 Å². The van der Waals surface area contributed by atoms with Gasteiger partial charge in [-0.25, -0.2) is 9.48 Å². The molecular formula is C14H14ClN5O5. The van der Waals surface area contributed by atoms with Crippen molar-refractivity contribution >= 4 is 29.3 Å². The number of aromatic nitrogens is 4. The maximum absolute atomic E-state index is 12.5. The van der Waals surface area contributed by atoms with Crippen molar-refractivity contribution in [3.8, 4) is 5.69 Å². The number of nitrogens with zero attached hydrogens (tertiary/aromatic N) is 5. The lowest BCUT2D eigenvalue weighted by atomic mass is 10.1. The summed E-state index contributed by atoms with van der Waals surface area (Å²) in [4.78, 5) is 24.7. The van der Waals surface area contributed by atoms with Crippen LogP contribution in [0.25, 0.3) is 5.69 Å². The molecule has 2 aromatic rings. The van der Waals surface area contributed by atoms with E-state index in [0.717, 1.165) is 0 Å². The number of anilines is 1. The molecule has 1 amide bonds. The number of aliphatic hydroxyl groups excluding tert-OH is 1. The van der Waals surface area contributed by atoms with Crippen molar-refractivity contribution in [2.24, 2.45) is 0 Å². The second-order valence-corrected chi connectivity index (χ2v) is 5.84. The average molecular weight is 368 g/mol. The van der Waals surface area contributed by atoms with Crippen LogP contribution >= 0.6 is 11.6 Å². The Labute approximate surface area is 146 Å². The molecule has 0 radical (unpaired) electrons. The SMILES string of the molecule is C[C@@H]1CN(c2ccn(-c3cnnc(Cl)c3)n2)C(=O)[C@@H](C(O)C(=O)O)O1. The Morgan fingerprint density at radius 3 is 2.96 bits per heavy atom. The van der Waals surface area contributed by atoms with E-state index < -0.39 is 30.2 Å². The third kappa shape index (κ3) is 3.45.